The fourth-order valence-electron chi connectivity index (χ4n) is 2.34. The molecule has 0 heterocycles. The zero-order chi connectivity index (χ0) is 14.3. The number of carbonyl (C=O) groups is 1. The van der Waals surface area contributed by atoms with Crippen LogP contribution in [0.1, 0.15) is 46.5 Å². The van der Waals surface area contributed by atoms with Crippen LogP contribution < -0.4 is 10.6 Å². The lowest BCUT2D eigenvalue weighted by Gasteiger charge is -2.25. The van der Waals surface area contributed by atoms with Gasteiger partial charge in [-0.05, 0) is 65.0 Å². The molecule has 0 radical (unpaired) electrons. The molecule has 1 rings (SSSR count). The van der Waals surface area contributed by atoms with E-state index in [9.17, 15) is 4.79 Å². The first-order valence-electron chi connectivity index (χ1n) is 7.14. The van der Waals surface area contributed by atoms with Gasteiger partial charge in [-0.2, -0.15) is 11.8 Å². The summed E-state index contributed by atoms with van der Waals surface area (Å²) in [5.41, 5.74) is -0.427. The van der Waals surface area contributed by atoms with Crippen molar-refractivity contribution in [2.75, 3.05) is 18.6 Å². The van der Waals surface area contributed by atoms with E-state index in [1.165, 1.54) is 18.6 Å². The molecule has 1 fully saturated rings. The number of nitrogens with one attached hydrogen (secondary N) is 2. The predicted octanol–water partition coefficient (Wildman–Crippen LogP) is 2.77. The maximum atomic E-state index is 11.8. The van der Waals surface area contributed by atoms with Gasteiger partial charge in [0.05, 0.1) is 0 Å². The van der Waals surface area contributed by atoms with Crippen molar-refractivity contribution in [3.63, 3.8) is 0 Å². The van der Waals surface area contributed by atoms with Gasteiger partial charge < -0.3 is 15.4 Å². The Morgan fingerprint density at radius 3 is 2.63 bits per heavy atom. The molecular weight excluding hydrogens is 260 g/mol. The van der Waals surface area contributed by atoms with Gasteiger partial charge in [0.2, 0.25) is 0 Å². The maximum absolute atomic E-state index is 11.8. The van der Waals surface area contributed by atoms with Gasteiger partial charge in [0, 0.05) is 12.1 Å². The molecule has 0 aliphatic heterocycles. The molecule has 1 aliphatic rings. The van der Waals surface area contributed by atoms with Gasteiger partial charge in [0.1, 0.15) is 5.60 Å². The zero-order valence-corrected chi connectivity index (χ0v) is 13.4. The standard InChI is InChI=1S/C14H28N2O2S/c1-14(2,3)18-13(17)16-12-8-5-7-11(12)15-9-6-10-19-4/h11-12,15H,5-10H2,1-4H3,(H,16,17). The quantitative estimate of drug-likeness (QED) is 0.738. The number of ether oxygens (including phenoxy) is 1. The van der Waals surface area contributed by atoms with Gasteiger partial charge in [-0.15, -0.1) is 0 Å². The molecule has 0 spiro atoms. The van der Waals surface area contributed by atoms with Gasteiger partial charge in [0.25, 0.3) is 0 Å². The van der Waals surface area contributed by atoms with Gasteiger partial charge in [-0.3, -0.25) is 0 Å². The molecule has 1 aliphatic carbocycles. The van der Waals surface area contributed by atoms with Gasteiger partial charge in [0.15, 0.2) is 0 Å². The topological polar surface area (TPSA) is 50.4 Å². The minimum absolute atomic E-state index is 0.212. The summed E-state index contributed by atoms with van der Waals surface area (Å²) in [5, 5.41) is 6.55. The molecule has 1 amide bonds. The summed E-state index contributed by atoms with van der Waals surface area (Å²) in [6.45, 7) is 6.69. The second-order valence-electron chi connectivity index (χ2n) is 6.09. The first-order chi connectivity index (χ1) is 8.92. The average molecular weight is 288 g/mol. The van der Waals surface area contributed by atoms with Crippen molar-refractivity contribution in [3.8, 4) is 0 Å². The van der Waals surface area contributed by atoms with Crippen LogP contribution in [0.4, 0.5) is 4.79 Å². The van der Waals surface area contributed by atoms with Crippen molar-refractivity contribution >= 4 is 17.9 Å². The lowest BCUT2D eigenvalue weighted by atomic mass is 10.1. The SMILES string of the molecule is CSCCCNC1CCCC1NC(=O)OC(C)(C)C. The second kappa shape index (κ2) is 8.00. The van der Waals surface area contributed by atoms with E-state index in [0.29, 0.717) is 6.04 Å². The Hall–Kier alpha value is -0.420. The van der Waals surface area contributed by atoms with E-state index in [4.69, 9.17) is 4.74 Å². The van der Waals surface area contributed by atoms with E-state index in [2.05, 4.69) is 16.9 Å². The second-order valence-corrected chi connectivity index (χ2v) is 7.08. The Morgan fingerprint density at radius 2 is 2.00 bits per heavy atom. The van der Waals surface area contributed by atoms with Crippen LogP contribution in [0.25, 0.3) is 0 Å². The van der Waals surface area contributed by atoms with Crippen LogP contribution in [0.2, 0.25) is 0 Å². The van der Waals surface area contributed by atoms with Gasteiger partial charge >= 0.3 is 6.09 Å². The van der Waals surface area contributed by atoms with Crippen molar-refractivity contribution in [1.29, 1.82) is 0 Å². The summed E-state index contributed by atoms with van der Waals surface area (Å²) in [4.78, 5) is 11.8. The van der Waals surface area contributed by atoms with Crippen LogP contribution in [0.15, 0.2) is 0 Å². The van der Waals surface area contributed by atoms with E-state index in [0.717, 1.165) is 19.4 Å². The van der Waals surface area contributed by atoms with Crippen LogP contribution in [-0.2, 0) is 4.74 Å². The van der Waals surface area contributed by atoms with Crippen LogP contribution in [0, 0.1) is 0 Å². The number of rotatable bonds is 6. The Bertz CT molecular complexity index is 279. The molecule has 2 atom stereocenters. The third kappa shape index (κ3) is 7.06. The molecular formula is C14H28N2O2S. The molecule has 0 bridgehead atoms. The molecule has 0 aromatic heterocycles. The van der Waals surface area contributed by atoms with Crippen LogP contribution >= 0.6 is 11.8 Å². The first kappa shape index (κ1) is 16.6. The van der Waals surface area contributed by atoms with Crippen molar-refractivity contribution in [1.82, 2.24) is 10.6 Å². The molecule has 5 heteroatoms. The number of alkyl carbamates (subject to hydrolysis) is 1. The van der Waals surface area contributed by atoms with Crippen molar-refractivity contribution in [3.05, 3.63) is 0 Å². The molecule has 0 saturated heterocycles. The van der Waals surface area contributed by atoms with Gasteiger partial charge in [-0.1, -0.05) is 0 Å². The first-order valence-corrected chi connectivity index (χ1v) is 8.53. The molecule has 2 unspecified atom stereocenters. The van der Waals surface area contributed by atoms with Crippen LogP contribution in [0.3, 0.4) is 0 Å². The van der Waals surface area contributed by atoms with Crippen molar-refractivity contribution < 1.29 is 9.53 Å². The summed E-state index contributed by atoms with van der Waals surface area (Å²) in [6.07, 6.45) is 6.36. The average Bonchev–Trinajstić information content (AvgIpc) is 2.69. The minimum atomic E-state index is -0.427. The largest absolute Gasteiger partial charge is 0.444 e. The molecule has 0 aromatic rings. The highest BCUT2D eigenvalue weighted by atomic mass is 32.2. The van der Waals surface area contributed by atoms with Gasteiger partial charge in [-0.25, -0.2) is 4.79 Å². The predicted molar refractivity (Wildman–Crippen MR) is 81.8 cm³/mol. The molecule has 4 nitrogen and oxygen atoms in total. The highest BCUT2D eigenvalue weighted by Gasteiger charge is 2.29. The van der Waals surface area contributed by atoms with Crippen LogP contribution in [0.5, 0.6) is 0 Å². The summed E-state index contributed by atoms with van der Waals surface area (Å²) >= 11 is 1.87. The lowest BCUT2D eigenvalue weighted by molar-refractivity contribution is 0.0498. The third-order valence-corrected chi connectivity index (χ3v) is 3.85. The van der Waals surface area contributed by atoms with Crippen molar-refractivity contribution in [2.45, 2.75) is 64.1 Å². The van der Waals surface area contributed by atoms with Crippen LogP contribution in [-0.4, -0.2) is 42.3 Å². The number of hydrogen-bond donors (Lipinski definition) is 2. The fraction of sp³-hybridized carbons (Fsp3) is 0.929. The summed E-state index contributed by atoms with van der Waals surface area (Å²) in [6, 6.07) is 0.610. The summed E-state index contributed by atoms with van der Waals surface area (Å²) in [7, 11) is 0. The highest BCUT2D eigenvalue weighted by Crippen LogP contribution is 2.20. The Morgan fingerprint density at radius 1 is 1.32 bits per heavy atom. The molecule has 112 valence electrons. The summed E-state index contributed by atoms with van der Waals surface area (Å²) < 4.78 is 5.31. The normalized spacial score (nSPS) is 23.4. The Labute approximate surface area is 121 Å². The molecule has 0 aromatic carbocycles. The maximum Gasteiger partial charge on any atom is 0.407 e. The van der Waals surface area contributed by atoms with E-state index in [1.807, 2.05) is 32.5 Å². The fourth-order valence-corrected chi connectivity index (χ4v) is 2.77. The van der Waals surface area contributed by atoms with E-state index in [-0.39, 0.29) is 12.1 Å². The van der Waals surface area contributed by atoms with E-state index < -0.39 is 5.60 Å². The number of thioether (sulfide) groups is 1. The number of carbonyl (C=O) groups excluding carboxylic acids is 1. The van der Waals surface area contributed by atoms with E-state index in [1.54, 1.807) is 0 Å². The Kier molecular flexibility index (Phi) is 7.00. The van der Waals surface area contributed by atoms with E-state index >= 15 is 0 Å². The lowest BCUT2D eigenvalue weighted by Crippen LogP contribution is -2.48. The smallest absolute Gasteiger partial charge is 0.407 e. The number of hydrogen-bond acceptors (Lipinski definition) is 4. The number of amides is 1. The minimum Gasteiger partial charge on any atom is -0.444 e. The third-order valence-electron chi connectivity index (χ3n) is 3.15. The Balaban J connectivity index is 2.29. The molecule has 19 heavy (non-hydrogen) atoms. The molecule has 2 N–H and O–H groups in total. The van der Waals surface area contributed by atoms with Crippen molar-refractivity contribution in [2.24, 2.45) is 0 Å². The monoisotopic (exact) mass is 288 g/mol. The molecule has 1 saturated carbocycles. The summed E-state index contributed by atoms with van der Waals surface area (Å²) in [5.74, 6) is 1.18. The zero-order valence-electron chi connectivity index (χ0n) is 12.6. The highest BCUT2D eigenvalue weighted by molar-refractivity contribution is 7.98.